The Morgan fingerprint density at radius 2 is 1.66 bits per heavy atom. The first-order valence-electron chi connectivity index (χ1n) is 11.3. The highest BCUT2D eigenvalue weighted by atomic mass is 35.5. The maximum absolute atomic E-state index is 13.3. The summed E-state index contributed by atoms with van der Waals surface area (Å²) in [5.41, 5.74) is 1.01. The fourth-order valence-electron chi connectivity index (χ4n) is 4.26. The van der Waals surface area contributed by atoms with Crippen LogP contribution in [0.25, 0.3) is 0 Å². The monoisotopic (exact) mass is 509 g/mol. The quantitative estimate of drug-likeness (QED) is 0.546. The van der Waals surface area contributed by atoms with E-state index in [1.54, 1.807) is 17.0 Å². The molecule has 4 rings (SSSR count). The van der Waals surface area contributed by atoms with E-state index in [1.807, 2.05) is 0 Å². The largest absolute Gasteiger partial charge is 0.388 e. The zero-order chi connectivity index (χ0) is 25.1. The summed E-state index contributed by atoms with van der Waals surface area (Å²) in [5, 5.41) is 23.1. The number of aliphatic hydroxyl groups is 2. The Hall–Kier alpha value is -2.79. The van der Waals surface area contributed by atoms with Gasteiger partial charge in [-0.3, -0.25) is 9.59 Å². The molecule has 2 aromatic rings. The number of ether oxygens (including phenoxy) is 1. The van der Waals surface area contributed by atoms with Gasteiger partial charge in [-0.25, -0.2) is 8.78 Å². The number of carbonyl (C=O) groups is 2. The third-order valence-electron chi connectivity index (χ3n) is 6.31. The molecule has 3 N–H and O–H groups in total. The van der Waals surface area contributed by atoms with Crippen molar-refractivity contribution in [1.29, 1.82) is 0 Å². The third-order valence-corrected chi connectivity index (χ3v) is 6.60. The summed E-state index contributed by atoms with van der Waals surface area (Å²) in [5.74, 6) is -1.72. The van der Waals surface area contributed by atoms with Crippen molar-refractivity contribution >= 4 is 29.1 Å². The van der Waals surface area contributed by atoms with Crippen LogP contribution in [0.1, 0.15) is 16.8 Å². The molecule has 0 aliphatic carbocycles. The Labute approximate surface area is 206 Å². The minimum absolute atomic E-state index is 0.118. The minimum Gasteiger partial charge on any atom is -0.388 e. The van der Waals surface area contributed by atoms with Gasteiger partial charge >= 0.3 is 0 Å². The Bertz CT molecular complexity index is 1070. The third kappa shape index (κ3) is 5.90. The van der Waals surface area contributed by atoms with Crippen molar-refractivity contribution in [3.8, 4) is 0 Å². The van der Waals surface area contributed by atoms with E-state index < -0.39 is 36.1 Å². The fourth-order valence-corrected chi connectivity index (χ4v) is 4.44. The first-order chi connectivity index (χ1) is 16.7. The first kappa shape index (κ1) is 25.3. The van der Waals surface area contributed by atoms with Crippen LogP contribution >= 0.6 is 11.6 Å². The molecule has 2 amide bonds. The molecule has 2 aromatic carbocycles. The summed E-state index contributed by atoms with van der Waals surface area (Å²) in [6.07, 6.45) is -4.54. The molecular weight excluding hydrogens is 484 g/mol. The van der Waals surface area contributed by atoms with Gasteiger partial charge in [0.2, 0.25) is 5.91 Å². The predicted molar refractivity (Wildman–Crippen MR) is 124 cm³/mol. The molecule has 2 fully saturated rings. The number of nitrogens with zero attached hydrogens (tertiary/aromatic N) is 2. The van der Waals surface area contributed by atoms with E-state index in [1.165, 1.54) is 24.3 Å². The molecule has 8 nitrogen and oxygen atoms in total. The van der Waals surface area contributed by atoms with E-state index >= 15 is 0 Å². The van der Waals surface area contributed by atoms with Crippen LogP contribution in [-0.4, -0.2) is 84.1 Å². The Morgan fingerprint density at radius 3 is 2.31 bits per heavy atom. The summed E-state index contributed by atoms with van der Waals surface area (Å²) < 4.78 is 32.1. The van der Waals surface area contributed by atoms with Gasteiger partial charge in [-0.15, -0.1) is 0 Å². The van der Waals surface area contributed by atoms with Crippen molar-refractivity contribution in [2.75, 3.05) is 37.6 Å². The van der Waals surface area contributed by atoms with E-state index in [9.17, 15) is 28.6 Å². The van der Waals surface area contributed by atoms with Crippen molar-refractivity contribution in [2.45, 2.75) is 30.8 Å². The maximum Gasteiger partial charge on any atom is 0.251 e. The van der Waals surface area contributed by atoms with Crippen LogP contribution in [0.4, 0.5) is 14.5 Å². The molecule has 2 saturated heterocycles. The number of amides is 2. The average Bonchev–Trinajstić information content (AvgIpc) is 3.12. The number of halogens is 3. The molecular formula is C24H26ClF2N3O5. The average molecular weight is 510 g/mol. The van der Waals surface area contributed by atoms with E-state index in [0.29, 0.717) is 26.2 Å². The molecule has 0 unspecified atom stereocenters. The summed E-state index contributed by atoms with van der Waals surface area (Å²) in [4.78, 5) is 28.8. The van der Waals surface area contributed by atoms with E-state index in [2.05, 4.69) is 10.2 Å². The minimum atomic E-state index is -1.29. The second-order valence-electron chi connectivity index (χ2n) is 8.58. The molecule has 2 aliphatic rings. The zero-order valence-corrected chi connectivity index (χ0v) is 19.5. The standard InChI is InChI=1S/C24H26ClF2N3O5/c25-17-11-14(1-6-18(17)27)24(34)28-13-20-23(33)22(32)19(35-20)12-21(31)30-9-7-29(8-10-30)16-4-2-15(26)3-5-16/h1-6,11,19-20,22-23,32-33H,7-10,12-13H2,(H,28,34)/t19-,20-,22+,23-/m1/s1. The van der Waals surface area contributed by atoms with E-state index in [-0.39, 0.29) is 35.3 Å². The number of nitrogens with one attached hydrogen (secondary N) is 1. The second kappa shape index (κ2) is 10.9. The van der Waals surface area contributed by atoms with E-state index in [0.717, 1.165) is 11.8 Å². The lowest BCUT2D eigenvalue weighted by atomic mass is 10.0. The van der Waals surface area contributed by atoms with Gasteiger partial charge in [-0.1, -0.05) is 11.6 Å². The van der Waals surface area contributed by atoms with Crippen molar-refractivity contribution in [3.05, 3.63) is 64.7 Å². The fraction of sp³-hybridized carbons (Fsp3) is 0.417. The van der Waals surface area contributed by atoms with Crippen LogP contribution in [0, 0.1) is 11.6 Å². The molecule has 35 heavy (non-hydrogen) atoms. The molecule has 0 radical (unpaired) electrons. The Kier molecular flexibility index (Phi) is 7.85. The molecule has 188 valence electrons. The molecule has 0 saturated carbocycles. The van der Waals surface area contributed by atoms with Gasteiger partial charge < -0.3 is 30.1 Å². The summed E-state index contributed by atoms with van der Waals surface area (Å²) in [7, 11) is 0. The molecule has 0 spiro atoms. The molecule has 0 bridgehead atoms. The molecule has 4 atom stereocenters. The highest BCUT2D eigenvalue weighted by molar-refractivity contribution is 6.31. The van der Waals surface area contributed by atoms with Gasteiger partial charge in [0.1, 0.15) is 29.9 Å². The second-order valence-corrected chi connectivity index (χ2v) is 8.99. The predicted octanol–water partition coefficient (Wildman–Crippen LogP) is 1.58. The Balaban J connectivity index is 1.26. The number of anilines is 1. The van der Waals surface area contributed by atoms with Gasteiger partial charge in [0.15, 0.2) is 0 Å². The Morgan fingerprint density at radius 1 is 1.00 bits per heavy atom. The van der Waals surface area contributed by atoms with Crippen molar-refractivity contribution < 1.29 is 33.3 Å². The topological polar surface area (TPSA) is 102 Å². The lowest BCUT2D eigenvalue weighted by Crippen LogP contribution is -2.49. The van der Waals surface area contributed by atoms with Crippen LogP contribution in [0.2, 0.25) is 5.02 Å². The van der Waals surface area contributed by atoms with Crippen LogP contribution < -0.4 is 10.2 Å². The number of aliphatic hydroxyl groups excluding tert-OH is 2. The van der Waals surface area contributed by atoms with Crippen molar-refractivity contribution in [2.24, 2.45) is 0 Å². The number of hydrogen-bond donors (Lipinski definition) is 3. The molecule has 0 aromatic heterocycles. The molecule has 11 heteroatoms. The number of benzene rings is 2. The van der Waals surface area contributed by atoms with Crippen molar-refractivity contribution in [1.82, 2.24) is 10.2 Å². The van der Waals surface area contributed by atoms with Gasteiger partial charge in [0.25, 0.3) is 5.91 Å². The summed E-state index contributed by atoms with van der Waals surface area (Å²) in [6.45, 7) is 1.96. The zero-order valence-electron chi connectivity index (χ0n) is 18.7. The molecule has 2 heterocycles. The van der Waals surface area contributed by atoms with Crippen LogP contribution in [0.5, 0.6) is 0 Å². The normalized spacial score (nSPS) is 24.5. The van der Waals surface area contributed by atoms with Gasteiger partial charge in [-0.2, -0.15) is 0 Å². The highest BCUT2D eigenvalue weighted by Crippen LogP contribution is 2.25. The van der Waals surface area contributed by atoms with E-state index in [4.69, 9.17) is 16.3 Å². The number of carbonyl (C=O) groups excluding carboxylic acids is 2. The smallest absolute Gasteiger partial charge is 0.251 e. The highest BCUT2D eigenvalue weighted by Gasteiger charge is 2.44. The number of piperazine rings is 1. The number of hydrogen-bond acceptors (Lipinski definition) is 6. The van der Waals surface area contributed by atoms with Gasteiger partial charge in [0, 0.05) is 44.0 Å². The maximum atomic E-state index is 13.3. The number of rotatable bonds is 6. The van der Waals surface area contributed by atoms with Crippen molar-refractivity contribution in [3.63, 3.8) is 0 Å². The summed E-state index contributed by atoms with van der Waals surface area (Å²) in [6, 6.07) is 9.71. The van der Waals surface area contributed by atoms with Gasteiger partial charge in [0.05, 0.1) is 17.5 Å². The SMILES string of the molecule is O=C(NC[C@H]1O[C@H](CC(=O)N2CCN(c3ccc(F)cc3)CC2)[C@H](O)[C@@H]1O)c1ccc(F)c(Cl)c1. The summed E-state index contributed by atoms with van der Waals surface area (Å²) >= 11 is 5.70. The lowest BCUT2D eigenvalue weighted by Gasteiger charge is -2.36. The van der Waals surface area contributed by atoms with Crippen LogP contribution in [-0.2, 0) is 9.53 Å². The van der Waals surface area contributed by atoms with Gasteiger partial charge in [-0.05, 0) is 42.5 Å². The first-order valence-corrected chi connectivity index (χ1v) is 11.6. The van der Waals surface area contributed by atoms with Crippen LogP contribution in [0.15, 0.2) is 42.5 Å². The molecule has 2 aliphatic heterocycles. The van der Waals surface area contributed by atoms with Crippen LogP contribution in [0.3, 0.4) is 0 Å². The lowest BCUT2D eigenvalue weighted by molar-refractivity contribution is -0.135.